The first-order chi connectivity index (χ1) is 5.01. The number of hydrogen-bond acceptors (Lipinski definition) is 1. The summed E-state index contributed by atoms with van der Waals surface area (Å²) >= 11 is -1.92. The van der Waals surface area contributed by atoms with Crippen LogP contribution in [0.15, 0.2) is 0 Å². The molecule has 0 radical (unpaired) electrons. The van der Waals surface area contributed by atoms with Gasteiger partial charge in [-0.05, 0) is 12.8 Å². The van der Waals surface area contributed by atoms with Gasteiger partial charge in [-0.2, -0.15) is 0 Å². The Morgan fingerprint density at radius 1 is 1.33 bits per heavy atom. The summed E-state index contributed by atoms with van der Waals surface area (Å²) in [5.74, 6) is -2.60. The fourth-order valence-corrected chi connectivity index (χ4v) is 1.85. The molecule has 1 N–H and O–H groups in total. The predicted molar refractivity (Wildman–Crippen MR) is 45.1 cm³/mol. The molecule has 1 unspecified atom stereocenters. The van der Waals surface area contributed by atoms with E-state index in [0.29, 0.717) is 0 Å². The Labute approximate surface area is 94.7 Å². The summed E-state index contributed by atoms with van der Waals surface area (Å²) in [4.78, 5) is 0. The van der Waals surface area contributed by atoms with Crippen LogP contribution in [0.25, 0.3) is 0 Å². The van der Waals surface area contributed by atoms with Crippen LogP contribution in [0.4, 0.5) is 8.78 Å². The summed E-state index contributed by atoms with van der Waals surface area (Å²) in [6.45, 7) is 0. The van der Waals surface area contributed by atoms with Crippen LogP contribution in [0.1, 0.15) is 25.7 Å². The van der Waals surface area contributed by atoms with Crippen LogP contribution in [0.3, 0.4) is 0 Å². The molecule has 1 rings (SSSR count). The number of rotatable bonds is 1. The van der Waals surface area contributed by atoms with Crippen molar-refractivity contribution in [1.82, 2.24) is 0 Å². The maximum atomic E-state index is 12.5. The summed E-state index contributed by atoms with van der Waals surface area (Å²) < 4.78 is 43.9. The van der Waals surface area contributed by atoms with Crippen molar-refractivity contribution in [3.05, 3.63) is 0 Å². The van der Waals surface area contributed by atoms with Gasteiger partial charge in [-0.1, -0.05) is 0 Å². The van der Waals surface area contributed by atoms with Crippen molar-refractivity contribution in [2.24, 2.45) is 0 Å². The monoisotopic (exact) mass is 208 g/mol. The van der Waals surface area contributed by atoms with E-state index in [-0.39, 0.29) is 55.2 Å². The van der Waals surface area contributed by atoms with Gasteiger partial charge in [0.05, 0.1) is 5.25 Å². The molecule has 0 aromatic carbocycles. The van der Waals surface area contributed by atoms with Crippen LogP contribution in [-0.2, 0) is 11.1 Å². The second kappa shape index (κ2) is 5.00. The molecule has 6 heteroatoms. The number of hydrogen-bond donors (Lipinski definition) is 1. The molecular formula is C6H11F2NaO2S. The van der Waals surface area contributed by atoms with Gasteiger partial charge in [0.15, 0.2) is 11.1 Å². The molecule has 0 saturated heterocycles. The van der Waals surface area contributed by atoms with Crippen molar-refractivity contribution < 1.29 is 17.5 Å². The summed E-state index contributed by atoms with van der Waals surface area (Å²) in [6, 6.07) is 0. The van der Waals surface area contributed by atoms with Crippen molar-refractivity contribution in [2.45, 2.75) is 36.9 Å². The Balaban J connectivity index is 0.00000121. The van der Waals surface area contributed by atoms with Crippen molar-refractivity contribution >= 4 is 40.6 Å². The standard InChI is InChI=1S/C6H10F2O2S.Na.H/c7-6(8)3-1-5(2-4-6)11(9)10;;/h5H,1-4H2,(H,9,10);;. The van der Waals surface area contributed by atoms with Crippen LogP contribution < -0.4 is 0 Å². The van der Waals surface area contributed by atoms with Gasteiger partial charge in [0.25, 0.3) is 0 Å². The average molecular weight is 208 g/mol. The molecule has 1 saturated carbocycles. The molecule has 0 spiro atoms. The van der Waals surface area contributed by atoms with E-state index < -0.39 is 22.3 Å². The fourth-order valence-electron chi connectivity index (χ4n) is 1.22. The minimum atomic E-state index is -2.60. The Bertz CT molecular complexity index is 167. The summed E-state index contributed by atoms with van der Waals surface area (Å²) in [5, 5.41) is -0.436. The van der Waals surface area contributed by atoms with Crippen LogP contribution in [-0.4, -0.2) is 49.5 Å². The second-order valence-corrected chi connectivity index (χ2v) is 4.05. The number of halogens is 2. The molecule has 1 atom stereocenters. The zero-order chi connectivity index (χ0) is 8.48. The van der Waals surface area contributed by atoms with Crippen LogP contribution in [0.2, 0.25) is 0 Å². The van der Waals surface area contributed by atoms with Crippen molar-refractivity contribution in [1.29, 1.82) is 0 Å². The van der Waals surface area contributed by atoms with Gasteiger partial charge in [-0.3, -0.25) is 0 Å². The van der Waals surface area contributed by atoms with E-state index in [4.69, 9.17) is 4.55 Å². The van der Waals surface area contributed by atoms with Gasteiger partial charge in [-0.15, -0.1) is 0 Å². The molecule has 68 valence electrons. The van der Waals surface area contributed by atoms with Gasteiger partial charge in [0.2, 0.25) is 5.92 Å². The zero-order valence-corrected chi connectivity index (χ0v) is 6.74. The van der Waals surface area contributed by atoms with E-state index >= 15 is 0 Å². The molecule has 12 heavy (non-hydrogen) atoms. The van der Waals surface area contributed by atoms with E-state index in [1.165, 1.54) is 0 Å². The molecule has 1 fully saturated rings. The molecule has 0 aromatic heterocycles. The second-order valence-electron chi connectivity index (χ2n) is 2.83. The van der Waals surface area contributed by atoms with E-state index in [9.17, 15) is 13.0 Å². The van der Waals surface area contributed by atoms with Gasteiger partial charge in [-0.25, -0.2) is 13.0 Å². The summed E-state index contributed by atoms with van der Waals surface area (Å²) in [7, 11) is 0. The molecule has 1 aliphatic rings. The van der Waals surface area contributed by atoms with Gasteiger partial charge in [0.1, 0.15) is 0 Å². The predicted octanol–water partition coefficient (Wildman–Crippen LogP) is 1.14. The third kappa shape index (κ3) is 3.79. The van der Waals surface area contributed by atoms with Crippen molar-refractivity contribution in [3.8, 4) is 0 Å². The Kier molecular flexibility index (Phi) is 5.41. The minimum absolute atomic E-state index is 0. The van der Waals surface area contributed by atoms with Crippen LogP contribution >= 0.6 is 0 Å². The van der Waals surface area contributed by atoms with E-state index in [1.807, 2.05) is 0 Å². The first-order valence-electron chi connectivity index (χ1n) is 3.49. The quantitative estimate of drug-likeness (QED) is 0.518. The molecule has 2 nitrogen and oxygen atoms in total. The fraction of sp³-hybridized carbons (Fsp3) is 1.00. The first kappa shape index (κ1) is 13.0. The van der Waals surface area contributed by atoms with E-state index in [0.717, 1.165) is 0 Å². The van der Waals surface area contributed by atoms with Crippen LogP contribution in [0, 0.1) is 0 Å². The van der Waals surface area contributed by atoms with Gasteiger partial charge < -0.3 is 4.55 Å². The van der Waals surface area contributed by atoms with Gasteiger partial charge in [0, 0.05) is 12.8 Å². The first-order valence-corrected chi connectivity index (χ1v) is 4.66. The van der Waals surface area contributed by atoms with E-state index in [1.54, 1.807) is 0 Å². The molecule has 0 heterocycles. The molecule has 0 bridgehead atoms. The summed E-state index contributed by atoms with van der Waals surface area (Å²) in [6.07, 6.45) is -0.167. The van der Waals surface area contributed by atoms with Crippen molar-refractivity contribution in [3.63, 3.8) is 0 Å². The molecule has 0 aromatic rings. The average Bonchev–Trinajstić information content (AvgIpc) is 1.86. The normalized spacial score (nSPS) is 25.9. The molecule has 1 aliphatic carbocycles. The third-order valence-corrected chi connectivity index (χ3v) is 2.99. The maximum absolute atomic E-state index is 12.5. The van der Waals surface area contributed by atoms with E-state index in [2.05, 4.69) is 0 Å². The summed E-state index contributed by atoms with van der Waals surface area (Å²) in [5.41, 5.74) is 0. The molecular weight excluding hydrogens is 197 g/mol. The van der Waals surface area contributed by atoms with Crippen molar-refractivity contribution in [2.75, 3.05) is 0 Å². The molecule has 0 amide bonds. The van der Waals surface area contributed by atoms with Crippen LogP contribution in [0.5, 0.6) is 0 Å². The molecule has 0 aliphatic heterocycles. The topological polar surface area (TPSA) is 37.3 Å². The zero-order valence-electron chi connectivity index (χ0n) is 5.93. The third-order valence-electron chi connectivity index (χ3n) is 1.95. The Morgan fingerprint density at radius 2 is 1.75 bits per heavy atom. The van der Waals surface area contributed by atoms with Gasteiger partial charge >= 0.3 is 29.6 Å². The SMILES string of the molecule is O=S(O)C1CCC(F)(F)CC1.[NaH]. The Hall–Kier alpha value is 0.970. The Morgan fingerprint density at radius 3 is 2.08 bits per heavy atom. The number of alkyl halides is 2.